The molecular formula is C4H7IN2S. The van der Waals surface area contributed by atoms with Crippen LogP contribution in [-0.4, -0.2) is 22.0 Å². The molecule has 8 heavy (non-hydrogen) atoms. The number of nitrogens with one attached hydrogen (secondary N) is 1. The number of hydrogen-bond acceptors (Lipinski definition) is 3. The summed E-state index contributed by atoms with van der Waals surface area (Å²) in [6, 6.07) is 0. The molecule has 0 saturated carbocycles. The van der Waals surface area contributed by atoms with Gasteiger partial charge in [-0.2, -0.15) is 0 Å². The molecule has 0 aromatic rings. The predicted molar refractivity (Wildman–Crippen MR) is 46.8 cm³/mol. The van der Waals surface area contributed by atoms with Crippen LogP contribution >= 0.6 is 34.4 Å². The monoisotopic (exact) mass is 242 g/mol. The third-order valence-corrected chi connectivity index (χ3v) is 2.21. The molecule has 0 bridgehead atoms. The lowest BCUT2D eigenvalue weighted by Gasteiger charge is -1.98. The molecule has 0 radical (unpaired) electrons. The van der Waals surface area contributed by atoms with E-state index in [-0.39, 0.29) is 0 Å². The van der Waals surface area contributed by atoms with Crippen molar-refractivity contribution in [2.75, 3.05) is 12.8 Å². The van der Waals surface area contributed by atoms with Crippen LogP contribution in [0.2, 0.25) is 0 Å². The minimum atomic E-state index is 0.523. The van der Waals surface area contributed by atoms with Crippen LogP contribution in [0, 0.1) is 0 Å². The van der Waals surface area contributed by atoms with Gasteiger partial charge in [0.05, 0.1) is 10.6 Å². The normalized spacial score (nSPS) is 27.2. The molecule has 2 nitrogen and oxygen atoms in total. The van der Waals surface area contributed by atoms with Crippen molar-refractivity contribution in [1.29, 1.82) is 0 Å². The molecular weight excluding hydrogens is 235 g/mol. The highest BCUT2D eigenvalue weighted by molar-refractivity contribution is 14.1. The Balaban J connectivity index is 2.37. The van der Waals surface area contributed by atoms with E-state index in [1.165, 1.54) is 0 Å². The highest BCUT2D eigenvalue weighted by Crippen LogP contribution is 2.08. The Bertz CT molecular complexity index is 115. The lowest BCUT2D eigenvalue weighted by atomic mass is 10.7. The molecule has 1 aliphatic rings. The number of hydrogen-bond donors (Lipinski definition) is 1. The highest BCUT2D eigenvalue weighted by Gasteiger charge is 2.11. The number of halogens is 1. The van der Waals surface area contributed by atoms with Gasteiger partial charge in [-0.1, -0.05) is 34.4 Å². The average molecular weight is 242 g/mol. The Kier molecular flexibility index (Phi) is 2.43. The molecule has 0 saturated heterocycles. The summed E-state index contributed by atoms with van der Waals surface area (Å²) >= 11 is 4.00. The smallest absolute Gasteiger partial charge is 0.157 e. The molecule has 1 unspecified atom stereocenters. The van der Waals surface area contributed by atoms with Gasteiger partial charge in [-0.05, 0) is 6.26 Å². The number of thioether (sulfide) groups is 1. The van der Waals surface area contributed by atoms with Gasteiger partial charge in [-0.15, -0.1) is 0 Å². The van der Waals surface area contributed by atoms with Gasteiger partial charge in [0.1, 0.15) is 0 Å². The van der Waals surface area contributed by atoms with E-state index in [2.05, 4.69) is 32.9 Å². The predicted octanol–water partition coefficient (Wildman–Crippen LogP) is 1.07. The maximum absolute atomic E-state index is 4.20. The first kappa shape index (κ1) is 6.67. The Hall–Kier alpha value is 0.550. The van der Waals surface area contributed by atoms with Crippen LogP contribution in [0.25, 0.3) is 0 Å². The van der Waals surface area contributed by atoms with Gasteiger partial charge in [-0.3, -0.25) is 4.99 Å². The first-order valence-electron chi connectivity index (χ1n) is 2.32. The van der Waals surface area contributed by atoms with Crippen molar-refractivity contribution in [3.05, 3.63) is 0 Å². The van der Waals surface area contributed by atoms with E-state index < -0.39 is 0 Å². The first-order chi connectivity index (χ1) is 3.83. The zero-order chi connectivity index (χ0) is 5.98. The Morgan fingerprint density at radius 1 is 2.00 bits per heavy atom. The number of rotatable bonds is 0. The van der Waals surface area contributed by atoms with Crippen molar-refractivity contribution in [2.24, 2.45) is 4.99 Å². The van der Waals surface area contributed by atoms with E-state index in [0.29, 0.717) is 4.05 Å². The summed E-state index contributed by atoms with van der Waals surface area (Å²) in [7, 11) is 0. The topological polar surface area (TPSA) is 24.4 Å². The Labute approximate surface area is 66.7 Å². The van der Waals surface area contributed by atoms with Gasteiger partial charge >= 0.3 is 0 Å². The second kappa shape index (κ2) is 2.91. The van der Waals surface area contributed by atoms with E-state index in [9.17, 15) is 0 Å². The van der Waals surface area contributed by atoms with Crippen molar-refractivity contribution < 1.29 is 0 Å². The number of alkyl halides is 1. The third-order valence-electron chi connectivity index (χ3n) is 0.869. The fourth-order valence-corrected chi connectivity index (χ4v) is 1.68. The van der Waals surface area contributed by atoms with Crippen molar-refractivity contribution in [3.8, 4) is 0 Å². The Morgan fingerprint density at radius 3 is 3.00 bits per heavy atom. The SMILES string of the molecule is CSC1=NCC(I)N1. The summed E-state index contributed by atoms with van der Waals surface area (Å²) in [5, 5.41) is 4.28. The molecule has 46 valence electrons. The van der Waals surface area contributed by atoms with Crippen molar-refractivity contribution in [1.82, 2.24) is 5.32 Å². The summed E-state index contributed by atoms with van der Waals surface area (Å²) < 4.78 is 0.523. The first-order valence-corrected chi connectivity index (χ1v) is 4.79. The zero-order valence-corrected chi connectivity index (χ0v) is 7.49. The summed E-state index contributed by atoms with van der Waals surface area (Å²) in [6.07, 6.45) is 2.03. The summed E-state index contributed by atoms with van der Waals surface area (Å²) in [6.45, 7) is 0.927. The van der Waals surface area contributed by atoms with Crippen LogP contribution in [-0.2, 0) is 0 Å². The quantitative estimate of drug-likeness (QED) is 0.390. The molecule has 1 aliphatic heterocycles. The minimum absolute atomic E-state index is 0.523. The summed E-state index contributed by atoms with van der Waals surface area (Å²) in [5.41, 5.74) is 0. The molecule has 1 atom stereocenters. The molecule has 0 fully saturated rings. The van der Waals surface area contributed by atoms with Crippen LogP contribution in [0.4, 0.5) is 0 Å². The molecule has 0 aromatic carbocycles. The Morgan fingerprint density at radius 2 is 2.75 bits per heavy atom. The lowest BCUT2D eigenvalue weighted by molar-refractivity contribution is 0.928. The fourth-order valence-electron chi connectivity index (χ4n) is 0.512. The van der Waals surface area contributed by atoms with Crippen LogP contribution in [0.1, 0.15) is 0 Å². The van der Waals surface area contributed by atoms with E-state index in [1.807, 2.05) is 6.26 Å². The van der Waals surface area contributed by atoms with E-state index >= 15 is 0 Å². The van der Waals surface area contributed by atoms with E-state index in [0.717, 1.165) is 11.7 Å². The molecule has 0 amide bonds. The second-order valence-electron chi connectivity index (χ2n) is 1.46. The molecule has 1 rings (SSSR count). The van der Waals surface area contributed by atoms with Gasteiger partial charge in [0.2, 0.25) is 0 Å². The highest BCUT2D eigenvalue weighted by atomic mass is 127. The summed E-state index contributed by atoms with van der Waals surface area (Å²) in [4.78, 5) is 4.20. The number of aliphatic imine (C=N–C) groups is 1. The van der Waals surface area contributed by atoms with Gasteiger partial charge < -0.3 is 5.32 Å². The fraction of sp³-hybridized carbons (Fsp3) is 0.750. The van der Waals surface area contributed by atoms with Gasteiger partial charge in [0, 0.05) is 0 Å². The van der Waals surface area contributed by atoms with Gasteiger partial charge in [-0.25, -0.2) is 0 Å². The van der Waals surface area contributed by atoms with Crippen LogP contribution in [0.5, 0.6) is 0 Å². The molecule has 0 aromatic heterocycles. The van der Waals surface area contributed by atoms with E-state index in [1.54, 1.807) is 11.8 Å². The van der Waals surface area contributed by atoms with Crippen LogP contribution in [0.3, 0.4) is 0 Å². The van der Waals surface area contributed by atoms with Gasteiger partial charge in [0.25, 0.3) is 0 Å². The summed E-state index contributed by atoms with van der Waals surface area (Å²) in [5.74, 6) is 0. The van der Waals surface area contributed by atoms with Gasteiger partial charge in [0.15, 0.2) is 5.17 Å². The maximum Gasteiger partial charge on any atom is 0.157 e. The third kappa shape index (κ3) is 1.51. The molecule has 4 heteroatoms. The zero-order valence-electron chi connectivity index (χ0n) is 4.52. The molecule has 0 spiro atoms. The lowest BCUT2D eigenvalue weighted by Crippen LogP contribution is -2.21. The maximum atomic E-state index is 4.20. The average Bonchev–Trinajstić information content (AvgIpc) is 2.14. The van der Waals surface area contributed by atoms with Crippen molar-refractivity contribution >= 4 is 39.5 Å². The van der Waals surface area contributed by atoms with Crippen molar-refractivity contribution in [2.45, 2.75) is 4.05 Å². The van der Waals surface area contributed by atoms with Crippen LogP contribution in [0.15, 0.2) is 4.99 Å². The molecule has 1 N–H and O–H groups in total. The largest absolute Gasteiger partial charge is 0.351 e. The standard InChI is InChI=1S/C4H7IN2S/c1-8-4-6-2-3(5)7-4/h3H,2H2,1H3,(H,6,7). The van der Waals surface area contributed by atoms with Crippen LogP contribution < -0.4 is 5.32 Å². The minimum Gasteiger partial charge on any atom is -0.351 e. The number of nitrogens with zero attached hydrogens (tertiary/aromatic N) is 1. The molecule has 1 heterocycles. The van der Waals surface area contributed by atoms with Crippen molar-refractivity contribution in [3.63, 3.8) is 0 Å². The second-order valence-corrected chi connectivity index (χ2v) is 3.76. The number of amidine groups is 1. The molecule has 0 aliphatic carbocycles. The van der Waals surface area contributed by atoms with E-state index in [4.69, 9.17) is 0 Å².